The Labute approximate surface area is 200 Å². The fourth-order valence-electron chi connectivity index (χ4n) is 4.36. The lowest BCUT2D eigenvalue weighted by atomic mass is 9.85. The average molecular weight is 485 g/mol. The van der Waals surface area contributed by atoms with Gasteiger partial charge in [-0.2, -0.15) is 0 Å². The zero-order valence-electron chi connectivity index (χ0n) is 17.7. The third kappa shape index (κ3) is 4.87. The van der Waals surface area contributed by atoms with Gasteiger partial charge in [-0.05, 0) is 74.2 Å². The van der Waals surface area contributed by atoms with E-state index in [4.69, 9.17) is 32.0 Å². The number of benzene rings is 2. The smallest absolute Gasteiger partial charge is 0.287 e. The van der Waals surface area contributed by atoms with Crippen molar-refractivity contribution in [1.82, 2.24) is 10.6 Å². The Morgan fingerprint density at radius 3 is 2.18 bits per heavy atom. The van der Waals surface area contributed by atoms with Crippen molar-refractivity contribution in [2.75, 3.05) is 0 Å². The van der Waals surface area contributed by atoms with Gasteiger partial charge >= 0.3 is 0 Å². The van der Waals surface area contributed by atoms with Crippen LogP contribution in [0.2, 0.25) is 10.0 Å². The lowest BCUT2D eigenvalue weighted by molar-refractivity contribution is -0.126. The van der Waals surface area contributed by atoms with Crippen LogP contribution in [0.5, 0.6) is 0 Å². The lowest BCUT2D eigenvalue weighted by Gasteiger charge is -2.28. The number of hydrogen-bond donors (Lipinski definition) is 2. The van der Waals surface area contributed by atoms with Gasteiger partial charge in [0.15, 0.2) is 5.76 Å². The van der Waals surface area contributed by atoms with Gasteiger partial charge in [0.1, 0.15) is 16.9 Å². The second kappa shape index (κ2) is 9.12. The summed E-state index contributed by atoms with van der Waals surface area (Å²) in [7, 11) is 0. The maximum Gasteiger partial charge on any atom is 0.287 e. The molecule has 1 saturated carbocycles. The maximum absolute atomic E-state index is 12.6. The van der Waals surface area contributed by atoms with E-state index >= 15 is 0 Å². The Morgan fingerprint density at radius 2 is 1.48 bits per heavy atom. The molecule has 0 bridgehead atoms. The molecule has 170 valence electrons. The molecule has 0 atom stereocenters. The number of furan rings is 2. The van der Waals surface area contributed by atoms with E-state index in [1.54, 1.807) is 30.3 Å². The van der Waals surface area contributed by atoms with E-state index in [1.165, 1.54) is 0 Å². The molecule has 1 aliphatic rings. The molecule has 0 aliphatic heterocycles. The van der Waals surface area contributed by atoms with E-state index < -0.39 is 0 Å². The fourth-order valence-corrected chi connectivity index (χ4v) is 4.72. The Kier molecular flexibility index (Phi) is 6.04. The minimum Gasteiger partial charge on any atom is -0.459 e. The van der Waals surface area contributed by atoms with Crippen molar-refractivity contribution in [3.63, 3.8) is 0 Å². The first-order chi connectivity index (χ1) is 15.9. The largest absolute Gasteiger partial charge is 0.459 e. The van der Waals surface area contributed by atoms with Crippen molar-refractivity contribution >= 4 is 57.0 Å². The van der Waals surface area contributed by atoms with Crippen molar-refractivity contribution in [1.29, 1.82) is 0 Å². The lowest BCUT2D eigenvalue weighted by Crippen LogP contribution is -2.40. The highest BCUT2D eigenvalue weighted by Crippen LogP contribution is 2.27. The van der Waals surface area contributed by atoms with E-state index in [0.29, 0.717) is 40.8 Å². The van der Waals surface area contributed by atoms with Gasteiger partial charge in [0.2, 0.25) is 5.91 Å². The van der Waals surface area contributed by atoms with E-state index in [2.05, 4.69) is 10.6 Å². The van der Waals surface area contributed by atoms with Crippen molar-refractivity contribution in [2.24, 2.45) is 5.92 Å². The van der Waals surface area contributed by atoms with Gasteiger partial charge in [-0.25, -0.2) is 0 Å². The summed E-state index contributed by atoms with van der Waals surface area (Å²) in [5.74, 6) is 0.630. The second-order valence-corrected chi connectivity index (χ2v) is 9.30. The van der Waals surface area contributed by atoms with Crippen LogP contribution in [0.1, 0.15) is 42.0 Å². The number of carbonyl (C=O) groups excluding carboxylic acids is 2. The molecule has 5 rings (SSSR count). The number of rotatable bonds is 5. The van der Waals surface area contributed by atoms with Crippen LogP contribution < -0.4 is 10.6 Å². The zero-order valence-corrected chi connectivity index (χ0v) is 19.2. The van der Waals surface area contributed by atoms with Crippen LogP contribution in [-0.2, 0) is 11.3 Å². The molecule has 1 aliphatic carbocycles. The second-order valence-electron chi connectivity index (χ2n) is 8.43. The minimum absolute atomic E-state index is 0.00688. The summed E-state index contributed by atoms with van der Waals surface area (Å²) in [6.45, 7) is 0.331. The number of halogens is 2. The zero-order chi connectivity index (χ0) is 22.9. The van der Waals surface area contributed by atoms with Gasteiger partial charge in [-0.1, -0.05) is 23.2 Å². The van der Waals surface area contributed by atoms with Crippen molar-refractivity contribution in [2.45, 2.75) is 38.3 Å². The first-order valence-corrected chi connectivity index (χ1v) is 11.7. The molecule has 0 radical (unpaired) electrons. The highest BCUT2D eigenvalue weighted by molar-refractivity contribution is 6.31. The summed E-state index contributed by atoms with van der Waals surface area (Å²) in [6, 6.07) is 14.3. The highest BCUT2D eigenvalue weighted by atomic mass is 35.5. The highest BCUT2D eigenvalue weighted by Gasteiger charge is 2.28. The van der Waals surface area contributed by atoms with Gasteiger partial charge < -0.3 is 19.5 Å². The van der Waals surface area contributed by atoms with Gasteiger partial charge in [-0.15, -0.1) is 0 Å². The quantitative estimate of drug-likeness (QED) is 0.358. The predicted octanol–water partition coefficient (Wildman–Crippen LogP) is 6.09. The minimum atomic E-state index is -0.250. The van der Waals surface area contributed by atoms with Crippen molar-refractivity contribution in [3.05, 3.63) is 70.1 Å². The molecule has 0 saturated heterocycles. The Bertz CT molecular complexity index is 1330. The molecule has 1 fully saturated rings. The molecule has 8 heteroatoms. The normalized spacial score (nSPS) is 18.5. The Morgan fingerprint density at radius 1 is 0.848 bits per heavy atom. The fraction of sp³-hybridized carbons (Fsp3) is 0.280. The van der Waals surface area contributed by atoms with Crippen molar-refractivity contribution < 1.29 is 18.4 Å². The molecule has 0 spiro atoms. The van der Waals surface area contributed by atoms with Crippen LogP contribution in [0.4, 0.5) is 0 Å². The van der Waals surface area contributed by atoms with Gasteiger partial charge in [0.25, 0.3) is 5.91 Å². The van der Waals surface area contributed by atoms with Gasteiger partial charge in [0, 0.05) is 32.8 Å². The summed E-state index contributed by atoms with van der Waals surface area (Å²) < 4.78 is 11.4. The SMILES string of the molecule is O=C(NC1CCC(C(=O)NCc2cc3cc(Cl)ccc3o2)CC1)c1cc2cc(Cl)ccc2o1. The van der Waals surface area contributed by atoms with Gasteiger partial charge in [0.05, 0.1) is 6.54 Å². The van der Waals surface area contributed by atoms with Gasteiger partial charge in [-0.3, -0.25) is 9.59 Å². The molecular weight excluding hydrogens is 463 g/mol. The first-order valence-electron chi connectivity index (χ1n) is 10.9. The summed E-state index contributed by atoms with van der Waals surface area (Å²) in [4.78, 5) is 25.2. The van der Waals surface area contributed by atoms with Crippen LogP contribution in [0.25, 0.3) is 21.9 Å². The van der Waals surface area contributed by atoms with Crippen LogP contribution in [0, 0.1) is 5.92 Å². The molecule has 2 N–H and O–H groups in total. The summed E-state index contributed by atoms with van der Waals surface area (Å²) >= 11 is 12.0. The molecule has 4 aromatic rings. The number of fused-ring (bicyclic) bond motifs is 2. The third-order valence-electron chi connectivity index (χ3n) is 6.10. The van der Waals surface area contributed by atoms with E-state index in [1.807, 2.05) is 18.2 Å². The number of amides is 2. The monoisotopic (exact) mass is 484 g/mol. The molecular formula is C25H22Cl2N2O4. The maximum atomic E-state index is 12.6. The Hall–Kier alpha value is -2.96. The van der Waals surface area contributed by atoms with Crippen LogP contribution in [-0.4, -0.2) is 17.9 Å². The molecule has 2 aromatic carbocycles. The van der Waals surface area contributed by atoms with E-state index in [9.17, 15) is 9.59 Å². The van der Waals surface area contributed by atoms with E-state index in [-0.39, 0.29) is 29.5 Å². The summed E-state index contributed by atoms with van der Waals surface area (Å²) in [6.07, 6.45) is 2.89. The Balaban J connectivity index is 1.11. The standard InChI is InChI=1S/C25H22Cl2N2O4/c26-17-3-7-21-15(9-17)11-20(32-21)13-28-24(30)14-1-5-19(6-2-14)29-25(31)23-12-16-10-18(27)4-8-22(16)33-23/h3-4,7-12,14,19H,1-2,5-6,13H2,(H,28,30)(H,29,31). The average Bonchev–Trinajstić information content (AvgIpc) is 3.41. The van der Waals surface area contributed by atoms with Crippen molar-refractivity contribution in [3.8, 4) is 0 Å². The molecule has 33 heavy (non-hydrogen) atoms. The summed E-state index contributed by atoms with van der Waals surface area (Å²) in [5, 5.41) is 8.94. The van der Waals surface area contributed by atoms with Crippen LogP contribution >= 0.6 is 23.2 Å². The molecule has 6 nitrogen and oxygen atoms in total. The third-order valence-corrected chi connectivity index (χ3v) is 6.57. The number of hydrogen-bond acceptors (Lipinski definition) is 4. The van der Waals surface area contributed by atoms with Crippen LogP contribution in [0.15, 0.2) is 57.4 Å². The van der Waals surface area contributed by atoms with E-state index in [0.717, 1.165) is 29.2 Å². The molecule has 2 aromatic heterocycles. The summed E-state index contributed by atoms with van der Waals surface area (Å²) in [5.41, 5.74) is 1.37. The topological polar surface area (TPSA) is 84.5 Å². The number of nitrogens with one attached hydrogen (secondary N) is 2. The number of carbonyl (C=O) groups is 2. The molecule has 0 unspecified atom stereocenters. The van der Waals surface area contributed by atoms with Crippen LogP contribution in [0.3, 0.4) is 0 Å². The predicted molar refractivity (Wildman–Crippen MR) is 128 cm³/mol. The molecule has 2 heterocycles. The molecule has 2 amide bonds. The first kappa shape index (κ1) is 21.9.